The molecule has 1 N–H and O–H groups in total. The van der Waals surface area contributed by atoms with Gasteiger partial charge in [0.2, 0.25) is 0 Å². The molecule has 0 bridgehead atoms. The molecule has 1 atom stereocenters. The van der Waals surface area contributed by atoms with Crippen LogP contribution < -0.4 is 5.32 Å². The lowest BCUT2D eigenvalue weighted by Gasteiger charge is -2.34. The summed E-state index contributed by atoms with van der Waals surface area (Å²) in [5, 5.41) is 3.40. The van der Waals surface area contributed by atoms with Crippen LogP contribution in [0.1, 0.15) is 46.5 Å². The van der Waals surface area contributed by atoms with Gasteiger partial charge in [-0.2, -0.15) is 0 Å². The predicted octanol–water partition coefficient (Wildman–Crippen LogP) is 2.92. The van der Waals surface area contributed by atoms with Crippen molar-refractivity contribution in [3.8, 4) is 0 Å². The Kier molecular flexibility index (Phi) is 7.62. The molecule has 2 nitrogen and oxygen atoms in total. The summed E-state index contributed by atoms with van der Waals surface area (Å²) >= 11 is 0. The summed E-state index contributed by atoms with van der Waals surface area (Å²) in [6, 6.07) is 0.725. The summed E-state index contributed by atoms with van der Waals surface area (Å²) in [5.41, 5.74) is 0.520. The van der Waals surface area contributed by atoms with Crippen LogP contribution in [0.15, 0.2) is 0 Å². The van der Waals surface area contributed by atoms with E-state index < -0.39 is 0 Å². The number of hydrogen-bond donors (Lipinski definition) is 1. The Hall–Kier alpha value is 0.210. The minimum absolute atomic E-state index is 0. The Morgan fingerprint density at radius 3 is 2.62 bits per heavy atom. The van der Waals surface area contributed by atoms with E-state index in [4.69, 9.17) is 0 Å². The average Bonchev–Trinajstić information content (AvgIpc) is 2.27. The first kappa shape index (κ1) is 16.2. The number of halogens is 1. The molecular weight excluding hydrogens is 220 g/mol. The van der Waals surface area contributed by atoms with Crippen molar-refractivity contribution >= 4 is 12.4 Å². The molecule has 1 aliphatic heterocycles. The zero-order valence-electron chi connectivity index (χ0n) is 11.4. The number of piperidine rings is 1. The molecule has 0 amide bonds. The van der Waals surface area contributed by atoms with E-state index in [0.717, 1.165) is 6.04 Å². The van der Waals surface area contributed by atoms with Gasteiger partial charge in [0.25, 0.3) is 0 Å². The van der Waals surface area contributed by atoms with Gasteiger partial charge in [0.15, 0.2) is 0 Å². The summed E-state index contributed by atoms with van der Waals surface area (Å²) in [7, 11) is 2.09. The molecule has 1 aliphatic rings. The zero-order valence-corrected chi connectivity index (χ0v) is 12.2. The lowest BCUT2D eigenvalue weighted by atomic mass is 9.86. The Morgan fingerprint density at radius 1 is 1.38 bits per heavy atom. The van der Waals surface area contributed by atoms with Crippen LogP contribution in [0.25, 0.3) is 0 Å². The van der Waals surface area contributed by atoms with E-state index in [1.54, 1.807) is 0 Å². The van der Waals surface area contributed by atoms with Crippen molar-refractivity contribution in [1.82, 2.24) is 10.2 Å². The highest BCUT2D eigenvalue weighted by Gasteiger charge is 2.21. The van der Waals surface area contributed by atoms with E-state index >= 15 is 0 Å². The van der Waals surface area contributed by atoms with Crippen molar-refractivity contribution in [2.75, 3.05) is 26.7 Å². The van der Waals surface area contributed by atoms with Gasteiger partial charge in [-0.1, -0.05) is 27.2 Å². The molecule has 0 saturated carbocycles. The number of rotatable bonds is 5. The van der Waals surface area contributed by atoms with Gasteiger partial charge in [-0.05, 0) is 44.8 Å². The Labute approximate surface area is 108 Å². The molecule has 1 rings (SSSR count). The maximum atomic E-state index is 3.40. The molecule has 0 aromatic carbocycles. The Balaban J connectivity index is 0.00000225. The first-order chi connectivity index (χ1) is 7.07. The largest absolute Gasteiger partial charge is 0.316 e. The van der Waals surface area contributed by atoms with Crippen LogP contribution >= 0.6 is 12.4 Å². The third kappa shape index (κ3) is 5.51. The fraction of sp³-hybridized carbons (Fsp3) is 1.00. The highest BCUT2D eigenvalue weighted by Crippen LogP contribution is 2.25. The normalized spacial score (nSPS) is 22.9. The fourth-order valence-corrected chi connectivity index (χ4v) is 2.13. The molecule has 1 saturated heterocycles. The van der Waals surface area contributed by atoms with Crippen LogP contribution in [0.2, 0.25) is 0 Å². The molecular formula is C13H29ClN2. The lowest BCUT2D eigenvalue weighted by Crippen LogP contribution is -2.45. The maximum Gasteiger partial charge on any atom is 0.0192 e. The van der Waals surface area contributed by atoms with Gasteiger partial charge in [0.05, 0.1) is 0 Å². The standard InChI is InChI=1S/C13H28N2.ClH/c1-5-13(2,3)8-10-15-9-6-7-12(11-15)14-4;/h12,14H,5-11H2,1-4H3;1H. The predicted molar refractivity (Wildman–Crippen MR) is 74.5 cm³/mol. The van der Waals surface area contributed by atoms with Crippen LogP contribution in [-0.2, 0) is 0 Å². The molecule has 0 aliphatic carbocycles. The topological polar surface area (TPSA) is 15.3 Å². The zero-order chi connectivity index (χ0) is 11.3. The number of nitrogens with one attached hydrogen (secondary N) is 1. The van der Waals surface area contributed by atoms with Gasteiger partial charge >= 0.3 is 0 Å². The second kappa shape index (κ2) is 7.52. The van der Waals surface area contributed by atoms with Gasteiger partial charge in [0.1, 0.15) is 0 Å². The molecule has 0 aromatic rings. The molecule has 0 spiro atoms. The first-order valence-corrected chi connectivity index (χ1v) is 6.47. The first-order valence-electron chi connectivity index (χ1n) is 6.47. The van der Waals surface area contributed by atoms with Gasteiger partial charge in [0, 0.05) is 12.6 Å². The van der Waals surface area contributed by atoms with Crippen molar-refractivity contribution in [1.29, 1.82) is 0 Å². The third-order valence-electron chi connectivity index (χ3n) is 3.98. The van der Waals surface area contributed by atoms with Crippen LogP contribution in [0.4, 0.5) is 0 Å². The highest BCUT2D eigenvalue weighted by atomic mass is 35.5. The monoisotopic (exact) mass is 248 g/mol. The van der Waals surface area contributed by atoms with E-state index in [2.05, 4.69) is 38.0 Å². The number of likely N-dealkylation sites (N-methyl/N-ethyl adjacent to an activating group) is 1. The molecule has 0 radical (unpaired) electrons. The molecule has 3 heteroatoms. The van der Waals surface area contributed by atoms with Gasteiger partial charge in [-0.3, -0.25) is 0 Å². The van der Waals surface area contributed by atoms with Gasteiger partial charge in [-0.15, -0.1) is 12.4 Å². The third-order valence-corrected chi connectivity index (χ3v) is 3.98. The summed E-state index contributed by atoms with van der Waals surface area (Å²) in [6.07, 6.45) is 5.33. The number of likely N-dealkylation sites (tertiary alicyclic amines) is 1. The summed E-state index contributed by atoms with van der Waals surface area (Å²) in [4.78, 5) is 2.63. The van der Waals surface area contributed by atoms with Crippen molar-refractivity contribution in [3.63, 3.8) is 0 Å². The van der Waals surface area contributed by atoms with Gasteiger partial charge in [-0.25, -0.2) is 0 Å². The van der Waals surface area contributed by atoms with Crippen molar-refractivity contribution in [2.45, 2.75) is 52.5 Å². The Bertz CT molecular complexity index is 183. The van der Waals surface area contributed by atoms with E-state index in [0.29, 0.717) is 5.41 Å². The van der Waals surface area contributed by atoms with E-state index in [-0.39, 0.29) is 12.4 Å². The summed E-state index contributed by atoms with van der Waals surface area (Å²) in [6.45, 7) is 10.9. The lowest BCUT2D eigenvalue weighted by molar-refractivity contribution is 0.165. The van der Waals surface area contributed by atoms with Crippen molar-refractivity contribution in [3.05, 3.63) is 0 Å². The van der Waals surface area contributed by atoms with Crippen LogP contribution in [-0.4, -0.2) is 37.6 Å². The molecule has 0 aromatic heterocycles. The summed E-state index contributed by atoms with van der Waals surface area (Å²) in [5.74, 6) is 0. The maximum absolute atomic E-state index is 3.40. The molecule has 98 valence electrons. The van der Waals surface area contributed by atoms with Crippen molar-refractivity contribution < 1.29 is 0 Å². The number of hydrogen-bond acceptors (Lipinski definition) is 2. The second-order valence-electron chi connectivity index (χ2n) is 5.70. The SMILES string of the molecule is CCC(C)(C)CCN1CCCC(NC)C1.Cl. The van der Waals surface area contributed by atoms with Crippen LogP contribution in [0, 0.1) is 5.41 Å². The average molecular weight is 249 g/mol. The molecule has 16 heavy (non-hydrogen) atoms. The van der Waals surface area contributed by atoms with E-state index in [9.17, 15) is 0 Å². The van der Waals surface area contributed by atoms with E-state index in [1.165, 1.54) is 45.3 Å². The fourth-order valence-electron chi connectivity index (χ4n) is 2.13. The van der Waals surface area contributed by atoms with Gasteiger partial charge < -0.3 is 10.2 Å². The van der Waals surface area contributed by atoms with Crippen LogP contribution in [0.5, 0.6) is 0 Å². The van der Waals surface area contributed by atoms with Crippen LogP contribution in [0.3, 0.4) is 0 Å². The smallest absolute Gasteiger partial charge is 0.0192 e. The second-order valence-corrected chi connectivity index (χ2v) is 5.70. The quantitative estimate of drug-likeness (QED) is 0.805. The Morgan fingerprint density at radius 2 is 2.06 bits per heavy atom. The number of nitrogens with zero attached hydrogens (tertiary/aromatic N) is 1. The molecule has 1 heterocycles. The minimum atomic E-state index is 0. The minimum Gasteiger partial charge on any atom is -0.316 e. The molecule has 1 fully saturated rings. The van der Waals surface area contributed by atoms with E-state index in [1.807, 2.05) is 0 Å². The van der Waals surface area contributed by atoms with Crippen molar-refractivity contribution in [2.24, 2.45) is 5.41 Å². The molecule has 1 unspecified atom stereocenters. The highest BCUT2D eigenvalue weighted by molar-refractivity contribution is 5.85. The summed E-state index contributed by atoms with van der Waals surface area (Å²) < 4.78 is 0.